The highest BCUT2D eigenvalue weighted by Gasteiger charge is 2.18. The highest BCUT2D eigenvalue weighted by molar-refractivity contribution is 5.83. The van der Waals surface area contributed by atoms with Gasteiger partial charge in [-0.15, -0.1) is 0 Å². The van der Waals surface area contributed by atoms with Gasteiger partial charge in [-0.25, -0.2) is 9.97 Å². The van der Waals surface area contributed by atoms with E-state index >= 15 is 0 Å². The van der Waals surface area contributed by atoms with Crippen molar-refractivity contribution in [3.05, 3.63) is 108 Å². The van der Waals surface area contributed by atoms with Gasteiger partial charge < -0.3 is 9.30 Å². The Hall–Kier alpha value is -3.99. The molecule has 0 N–H and O–H groups in total. The van der Waals surface area contributed by atoms with Crippen molar-refractivity contribution < 1.29 is 4.74 Å². The monoisotopic (exact) mass is 420 g/mol. The number of benzene rings is 2. The van der Waals surface area contributed by atoms with Crippen molar-refractivity contribution in [3.63, 3.8) is 0 Å². The zero-order chi connectivity index (χ0) is 21.9. The topological polar surface area (TPSA) is 52.8 Å². The Morgan fingerprint density at radius 2 is 1.69 bits per heavy atom. The van der Waals surface area contributed by atoms with Crippen LogP contribution in [0.2, 0.25) is 0 Å². The normalized spacial score (nSPS) is 12.1. The molecule has 0 aliphatic carbocycles. The second kappa shape index (κ2) is 8.63. The van der Waals surface area contributed by atoms with E-state index in [1.54, 1.807) is 7.11 Å². The summed E-state index contributed by atoms with van der Waals surface area (Å²) in [7, 11) is 1.63. The van der Waals surface area contributed by atoms with Crippen LogP contribution in [0.15, 0.2) is 91.4 Å². The second-order valence-electron chi connectivity index (χ2n) is 7.81. The Bertz CT molecular complexity index is 1330. The maximum absolute atomic E-state index is 5.21. The van der Waals surface area contributed by atoms with Crippen molar-refractivity contribution in [1.29, 1.82) is 0 Å². The van der Waals surface area contributed by atoms with Crippen molar-refractivity contribution in [1.82, 2.24) is 19.5 Å². The molecule has 158 valence electrons. The fraction of sp³-hybridized carbons (Fsp3) is 0.148. The van der Waals surface area contributed by atoms with Crippen molar-refractivity contribution in [3.8, 4) is 17.0 Å². The predicted molar refractivity (Wildman–Crippen MR) is 127 cm³/mol. The molecule has 3 heterocycles. The van der Waals surface area contributed by atoms with Crippen LogP contribution in [0.4, 0.5) is 0 Å². The summed E-state index contributed by atoms with van der Waals surface area (Å²) >= 11 is 0. The van der Waals surface area contributed by atoms with Gasteiger partial charge in [-0.3, -0.25) is 4.98 Å². The van der Waals surface area contributed by atoms with Gasteiger partial charge in [-0.2, -0.15) is 0 Å². The van der Waals surface area contributed by atoms with Gasteiger partial charge in [0.1, 0.15) is 5.82 Å². The molecule has 32 heavy (non-hydrogen) atoms. The van der Waals surface area contributed by atoms with E-state index in [0.29, 0.717) is 5.88 Å². The minimum absolute atomic E-state index is 0.141. The first kappa shape index (κ1) is 19.9. The lowest BCUT2D eigenvalue weighted by Crippen LogP contribution is -2.11. The lowest BCUT2D eigenvalue weighted by atomic mass is 10.1. The van der Waals surface area contributed by atoms with Gasteiger partial charge in [0.2, 0.25) is 5.88 Å². The number of hydrogen-bond donors (Lipinski definition) is 0. The van der Waals surface area contributed by atoms with Crippen molar-refractivity contribution >= 4 is 11.0 Å². The number of fused-ring (bicyclic) bond motifs is 1. The predicted octanol–water partition coefficient (Wildman–Crippen LogP) is 5.70. The van der Waals surface area contributed by atoms with Gasteiger partial charge >= 0.3 is 0 Å². The van der Waals surface area contributed by atoms with Crippen LogP contribution in [0, 0.1) is 0 Å². The number of pyridine rings is 2. The van der Waals surface area contributed by atoms with Crippen LogP contribution >= 0.6 is 0 Å². The number of ether oxygens (including phenoxy) is 1. The molecule has 0 unspecified atom stereocenters. The van der Waals surface area contributed by atoms with E-state index in [1.165, 1.54) is 11.1 Å². The third kappa shape index (κ3) is 3.85. The first-order valence-corrected chi connectivity index (χ1v) is 10.7. The highest BCUT2D eigenvalue weighted by Crippen LogP contribution is 2.31. The smallest absolute Gasteiger partial charge is 0.212 e. The van der Waals surface area contributed by atoms with E-state index in [4.69, 9.17) is 9.72 Å². The molecule has 1 atom stereocenters. The van der Waals surface area contributed by atoms with Crippen LogP contribution in [0.25, 0.3) is 22.2 Å². The van der Waals surface area contributed by atoms with E-state index in [9.17, 15) is 0 Å². The van der Waals surface area contributed by atoms with Crippen molar-refractivity contribution in [2.24, 2.45) is 0 Å². The summed E-state index contributed by atoms with van der Waals surface area (Å²) in [4.78, 5) is 13.5. The van der Waals surface area contributed by atoms with E-state index in [2.05, 4.69) is 70.0 Å². The van der Waals surface area contributed by atoms with Crippen LogP contribution in [0.3, 0.4) is 0 Å². The van der Waals surface area contributed by atoms with Gasteiger partial charge in [-0.1, -0.05) is 36.4 Å². The molecule has 2 aromatic carbocycles. The molecule has 5 heteroatoms. The molecule has 0 saturated carbocycles. The lowest BCUT2D eigenvalue weighted by Gasteiger charge is -2.19. The third-order valence-corrected chi connectivity index (χ3v) is 5.82. The summed E-state index contributed by atoms with van der Waals surface area (Å²) in [6.45, 7) is 2.23. The average molecular weight is 421 g/mol. The summed E-state index contributed by atoms with van der Waals surface area (Å²) < 4.78 is 7.56. The zero-order valence-corrected chi connectivity index (χ0v) is 18.1. The molecule has 5 nitrogen and oxygen atoms in total. The highest BCUT2D eigenvalue weighted by atomic mass is 16.5. The first-order valence-electron chi connectivity index (χ1n) is 10.7. The molecule has 0 aliphatic rings. The van der Waals surface area contributed by atoms with Crippen molar-refractivity contribution in [2.75, 3.05) is 7.11 Å². The fourth-order valence-corrected chi connectivity index (χ4v) is 4.11. The zero-order valence-electron chi connectivity index (χ0n) is 18.1. The standard InChI is InChI=1S/C27H24N4O/c1-19(21-6-4-3-5-7-21)31-25-17-22(23-9-11-27(32-2)29-18-23)8-10-24(25)30-26(31)16-20-12-14-28-15-13-20/h3-15,17-19H,16H2,1-2H3/t19-/m1/s1. The minimum atomic E-state index is 0.141. The number of imidazole rings is 1. The first-order chi connectivity index (χ1) is 15.7. The lowest BCUT2D eigenvalue weighted by molar-refractivity contribution is 0.398. The molecule has 5 aromatic rings. The Morgan fingerprint density at radius 1 is 0.906 bits per heavy atom. The second-order valence-corrected chi connectivity index (χ2v) is 7.81. The molecule has 0 fully saturated rings. The summed E-state index contributed by atoms with van der Waals surface area (Å²) in [5, 5.41) is 0. The average Bonchev–Trinajstić information content (AvgIpc) is 3.21. The Labute approximate surface area is 187 Å². The maximum Gasteiger partial charge on any atom is 0.212 e. The van der Waals surface area contributed by atoms with Crippen LogP contribution in [-0.4, -0.2) is 26.6 Å². The molecule has 3 aromatic heterocycles. The summed E-state index contributed by atoms with van der Waals surface area (Å²) in [6, 6.07) is 25.1. The summed E-state index contributed by atoms with van der Waals surface area (Å²) in [6.07, 6.45) is 6.25. The number of rotatable bonds is 6. The Kier molecular flexibility index (Phi) is 5.38. The molecule has 0 amide bonds. The molecule has 0 aliphatic heterocycles. The fourth-order valence-electron chi connectivity index (χ4n) is 4.11. The molecule has 0 saturated heterocycles. The van der Waals surface area contributed by atoms with Gasteiger partial charge in [0, 0.05) is 36.6 Å². The number of aromatic nitrogens is 4. The third-order valence-electron chi connectivity index (χ3n) is 5.82. The SMILES string of the molecule is COc1ccc(-c2ccc3nc(Cc4ccncc4)n([C@H](C)c4ccccc4)c3c2)cn1. The largest absolute Gasteiger partial charge is 0.481 e. The number of methoxy groups -OCH3 is 1. The van der Waals surface area contributed by atoms with Crippen LogP contribution < -0.4 is 4.74 Å². The van der Waals surface area contributed by atoms with Crippen LogP contribution in [-0.2, 0) is 6.42 Å². The van der Waals surface area contributed by atoms with Crippen molar-refractivity contribution in [2.45, 2.75) is 19.4 Å². The van der Waals surface area contributed by atoms with E-state index in [1.807, 2.05) is 42.9 Å². The van der Waals surface area contributed by atoms with Crippen LogP contribution in [0.5, 0.6) is 5.88 Å². The molecule has 5 rings (SSSR count). The number of hydrogen-bond acceptors (Lipinski definition) is 4. The van der Waals surface area contributed by atoms with E-state index < -0.39 is 0 Å². The Morgan fingerprint density at radius 3 is 2.41 bits per heavy atom. The van der Waals surface area contributed by atoms with E-state index in [-0.39, 0.29) is 6.04 Å². The molecule has 0 bridgehead atoms. The molecular weight excluding hydrogens is 396 g/mol. The molecule has 0 spiro atoms. The number of nitrogens with zero attached hydrogens (tertiary/aromatic N) is 4. The quantitative estimate of drug-likeness (QED) is 0.353. The molecule has 0 radical (unpaired) electrons. The van der Waals surface area contributed by atoms with Gasteiger partial charge in [0.15, 0.2) is 0 Å². The summed E-state index contributed by atoms with van der Waals surface area (Å²) in [5.74, 6) is 1.64. The van der Waals surface area contributed by atoms with E-state index in [0.717, 1.165) is 34.4 Å². The van der Waals surface area contributed by atoms with Crippen LogP contribution in [0.1, 0.15) is 29.9 Å². The van der Waals surface area contributed by atoms with Gasteiger partial charge in [0.05, 0.1) is 24.2 Å². The Balaban J connectivity index is 1.65. The minimum Gasteiger partial charge on any atom is -0.481 e. The maximum atomic E-state index is 5.21. The van der Waals surface area contributed by atoms with Gasteiger partial charge in [0.25, 0.3) is 0 Å². The molecular formula is C27H24N4O. The van der Waals surface area contributed by atoms with Gasteiger partial charge in [-0.05, 0) is 53.9 Å². The summed E-state index contributed by atoms with van der Waals surface area (Å²) in [5.41, 5.74) is 6.68.